The van der Waals surface area contributed by atoms with Crippen LogP contribution in [0.2, 0.25) is 0 Å². The minimum Gasteiger partial charge on any atom is -0.396 e. The molecule has 0 aromatic rings. The third kappa shape index (κ3) is 57.6. The Morgan fingerprint density at radius 3 is 0.794 bits per heavy atom. The summed E-state index contributed by atoms with van der Waals surface area (Å²) in [6, 6.07) is 0. The van der Waals surface area contributed by atoms with Gasteiger partial charge in [-0.25, -0.2) is 0 Å². The van der Waals surface area contributed by atoms with Crippen LogP contribution in [0.25, 0.3) is 0 Å². The number of alkyl halides is 9. The average Bonchev–Trinajstić information content (AvgIpc) is 2.37. The fraction of sp³-hybridized carbons (Fsp3) is 1.00. The van der Waals surface area contributed by atoms with E-state index < -0.39 is 72.2 Å². The van der Waals surface area contributed by atoms with Crippen LogP contribution in [0.3, 0.4) is 0 Å². The Labute approximate surface area is 186 Å². The summed E-state index contributed by atoms with van der Waals surface area (Å²) in [5.41, 5.74) is 0. The van der Waals surface area contributed by atoms with E-state index in [4.69, 9.17) is 29.0 Å². The highest BCUT2D eigenvalue weighted by atomic mass is 32.2. The van der Waals surface area contributed by atoms with Crippen LogP contribution < -0.4 is 0 Å². The fourth-order valence-corrected chi connectivity index (χ4v) is 2.10. The zero-order valence-corrected chi connectivity index (χ0v) is 18.5. The van der Waals surface area contributed by atoms with Crippen LogP contribution in [0, 0.1) is 0 Å². The summed E-state index contributed by atoms with van der Waals surface area (Å²) in [5.74, 6) is -6.54. The molecule has 0 aliphatic carbocycles. The topological polar surface area (TPSA) is 224 Å². The first kappa shape index (κ1) is 40.2. The molecule has 0 bridgehead atoms. The van der Waals surface area contributed by atoms with Crippen molar-refractivity contribution < 1.29 is 93.7 Å². The summed E-state index contributed by atoms with van der Waals surface area (Å²) in [7, 11) is -14.7. The van der Waals surface area contributed by atoms with E-state index >= 15 is 0 Å². The molecule has 0 saturated carbocycles. The quantitative estimate of drug-likeness (QED) is 0.176. The Morgan fingerprint density at radius 2 is 0.765 bits per heavy atom. The third-order valence-corrected chi connectivity index (χ3v) is 3.79. The highest BCUT2D eigenvalue weighted by Gasteiger charge is 2.35. The Morgan fingerprint density at radius 1 is 0.559 bits per heavy atom. The van der Waals surface area contributed by atoms with Crippen molar-refractivity contribution in [1.29, 1.82) is 0 Å². The van der Waals surface area contributed by atoms with Gasteiger partial charge < -0.3 is 15.3 Å². The molecule has 0 rings (SSSR count). The standard InChI is InChI=1S/C4H10O3.3C2H3F3O3S/c5-2-1-4(7)3-6;3*3-2(4,5)1-9(6,7)8/h4-7H,1-3H2;3*1H2,(H,6,7,8). The Bertz CT molecular complexity index is 741. The van der Waals surface area contributed by atoms with Gasteiger partial charge in [0.1, 0.15) is 0 Å². The van der Waals surface area contributed by atoms with Crippen LogP contribution in [0.5, 0.6) is 0 Å². The van der Waals surface area contributed by atoms with Gasteiger partial charge in [0.2, 0.25) is 0 Å². The molecule has 0 spiro atoms. The van der Waals surface area contributed by atoms with E-state index in [2.05, 4.69) is 0 Å². The lowest BCUT2D eigenvalue weighted by Crippen LogP contribution is -2.21. The second kappa shape index (κ2) is 15.9. The molecule has 34 heavy (non-hydrogen) atoms. The molecular weight excluding hydrogens is 579 g/mol. The lowest BCUT2D eigenvalue weighted by Gasteiger charge is -2.00. The summed E-state index contributed by atoms with van der Waals surface area (Å²) in [6.45, 7) is -0.331. The van der Waals surface area contributed by atoms with Crippen LogP contribution in [0.1, 0.15) is 6.42 Å². The van der Waals surface area contributed by atoms with Crippen LogP contribution in [0.15, 0.2) is 0 Å². The van der Waals surface area contributed by atoms with E-state index in [0.717, 1.165) is 0 Å². The van der Waals surface area contributed by atoms with Crippen LogP contribution >= 0.6 is 0 Å². The number of halogens is 9. The Balaban J connectivity index is -0.000000177. The molecule has 1 unspecified atom stereocenters. The third-order valence-electron chi connectivity index (χ3n) is 1.71. The van der Waals surface area contributed by atoms with Crippen molar-refractivity contribution in [1.82, 2.24) is 0 Å². The highest BCUT2D eigenvalue weighted by molar-refractivity contribution is 7.86. The molecule has 0 aliphatic rings. The van der Waals surface area contributed by atoms with Gasteiger partial charge >= 0.3 is 18.5 Å². The minimum absolute atomic E-state index is 0.0677. The molecule has 0 aliphatic heterocycles. The number of rotatable bonds is 6. The molecule has 0 saturated heterocycles. The van der Waals surface area contributed by atoms with Gasteiger partial charge in [-0.2, -0.15) is 64.8 Å². The van der Waals surface area contributed by atoms with Gasteiger partial charge in [-0.3, -0.25) is 13.7 Å². The van der Waals surface area contributed by atoms with Gasteiger partial charge in [-0.1, -0.05) is 0 Å². The lowest BCUT2D eigenvalue weighted by molar-refractivity contribution is -0.108. The first-order valence-electron chi connectivity index (χ1n) is 7.38. The van der Waals surface area contributed by atoms with Crippen molar-refractivity contribution in [2.24, 2.45) is 0 Å². The molecule has 0 aromatic carbocycles. The monoisotopic (exact) mass is 598 g/mol. The van der Waals surface area contributed by atoms with Crippen LogP contribution in [-0.4, -0.2) is 109 Å². The van der Waals surface area contributed by atoms with Gasteiger partial charge in [0.25, 0.3) is 30.4 Å². The maximum absolute atomic E-state index is 11.0. The summed E-state index contributed by atoms with van der Waals surface area (Å²) in [5, 5.41) is 24.6. The molecule has 0 heterocycles. The molecule has 6 N–H and O–H groups in total. The van der Waals surface area contributed by atoms with E-state index in [1.165, 1.54) is 0 Å². The normalized spacial score (nSPS) is 13.9. The molecule has 212 valence electrons. The van der Waals surface area contributed by atoms with Gasteiger partial charge in [-0.15, -0.1) is 0 Å². The summed E-state index contributed by atoms with van der Waals surface area (Å²) in [6.07, 6.45) is -15.0. The zero-order chi connectivity index (χ0) is 28.8. The Kier molecular flexibility index (Phi) is 18.7. The molecule has 0 fully saturated rings. The minimum atomic E-state index is -4.91. The van der Waals surface area contributed by atoms with E-state index in [-0.39, 0.29) is 19.6 Å². The van der Waals surface area contributed by atoms with Crippen molar-refractivity contribution in [3.63, 3.8) is 0 Å². The van der Waals surface area contributed by atoms with Crippen LogP contribution in [0.4, 0.5) is 39.5 Å². The predicted molar refractivity (Wildman–Crippen MR) is 92.2 cm³/mol. The van der Waals surface area contributed by atoms with Crippen molar-refractivity contribution in [2.45, 2.75) is 31.1 Å². The second-order valence-electron chi connectivity index (χ2n) is 5.37. The Hall–Kier alpha value is -1.02. The molecule has 0 radical (unpaired) electrons. The molecule has 24 heteroatoms. The molecular formula is C10H19F9O12S3. The summed E-state index contributed by atoms with van der Waals surface area (Å²) >= 11 is 0. The first-order valence-corrected chi connectivity index (χ1v) is 12.2. The van der Waals surface area contributed by atoms with Gasteiger partial charge in [0.15, 0.2) is 17.3 Å². The maximum atomic E-state index is 11.0. The molecule has 1 atom stereocenters. The van der Waals surface area contributed by atoms with E-state index in [0.29, 0.717) is 0 Å². The number of aliphatic hydroxyl groups excluding tert-OH is 3. The smallest absolute Gasteiger partial charge is 0.396 e. The largest absolute Gasteiger partial charge is 0.405 e. The van der Waals surface area contributed by atoms with Gasteiger partial charge in [-0.05, 0) is 6.42 Å². The van der Waals surface area contributed by atoms with E-state index in [9.17, 15) is 64.8 Å². The first-order chi connectivity index (χ1) is 14.4. The lowest BCUT2D eigenvalue weighted by atomic mass is 10.3. The van der Waals surface area contributed by atoms with Crippen LogP contribution in [-0.2, 0) is 30.4 Å². The van der Waals surface area contributed by atoms with Crippen molar-refractivity contribution >= 4 is 30.4 Å². The highest BCUT2D eigenvalue weighted by Crippen LogP contribution is 2.17. The summed E-state index contributed by atoms with van der Waals surface area (Å²) < 4.78 is 179. The van der Waals surface area contributed by atoms with E-state index in [1.807, 2.05) is 0 Å². The molecule has 0 aromatic heterocycles. The summed E-state index contributed by atoms with van der Waals surface area (Å²) in [4.78, 5) is 0. The van der Waals surface area contributed by atoms with Crippen molar-refractivity contribution in [3.05, 3.63) is 0 Å². The average molecular weight is 598 g/mol. The maximum Gasteiger partial charge on any atom is 0.405 e. The SMILES string of the molecule is O=S(=O)(O)CC(F)(F)F.O=S(=O)(O)CC(F)(F)F.O=S(=O)(O)CC(F)(F)F.OCCC(O)CO. The zero-order valence-electron chi connectivity index (χ0n) is 16.1. The van der Waals surface area contributed by atoms with Crippen molar-refractivity contribution in [3.8, 4) is 0 Å². The predicted octanol–water partition coefficient (Wildman–Crippen LogP) is 0.0315. The number of hydrogen-bond acceptors (Lipinski definition) is 9. The van der Waals surface area contributed by atoms with Gasteiger partial charge in [0.05, 0.1) is 12.7 Å². The number of hydrogen-bond donors (Lipinski definition) is 6. The molecule has 12 nitrogen and oxygen atoms in total. The second-order valence-corrected chi connectivity index (χ2v) is 9.73. The molecule has 0 amide bonds. The van der Waals surface area contributed by atoms with Crippen molar-refractivity contribution in [2.75, 3.05) is 30.5 Å². The van der Waals surface area contributed by atoms with Gasteiger partial charge in [0, 0.05) is 6.61 Å². The van der Waals surface area contributed by atoms with E-state index in [1.54, 1.807) is 0 Å². The number of aliphatic hydroxyl groups is 3. The fourth-order valence-electron chi connectivity index (χ4n) is 0.861.